The summed E-state index contributed by atoms with van der Waals surface area (Å²) in [5.41, 5.74) is 0.468. The van der Waals surface area contributed by atoms with Gasteiger partial charge in [-0.25, -0.2) is 5.10 Å². The first kappa shape index (κ1) is 24.3. The van der Waals surface area contributed by atoms with Gasteiger partial charge in [-0.3, -0.25) is 9.59 Å². The maximum absolute atomic E-state index is 12.8. The average molecular weight is 493 g/mol. The topological polar surface area (TPSA) is 131 Å². The van der Waals surface area contributed by atoms with Crippen LogP contribution in [0.2, 0.25) is 10.0 Å². The molecular formula is C21H22Cl2N6O4. The van der Waals surface area contributed by atoms with Crippen molar-refractivity contribution in [2.45, 2.75) is 18.9 Å². The Morgan fingerprint density at radius 1 is 1.00 bits per heavy atom. The number of hydrogen-bond donors (Lipinski definition) is 3. The van der Waals surface area contributed by atoms with E-state index < -0.39 is 11.9 Å². The zero-order chi connectivity index (χ0) is 23.8. The van der Waals surface area contributed by atoms with Crippen molar-refractivity contribution in [2.24, 2.45) is 0 Å². The van der Waals surface area contributed by atoms with E-state index in [9.17, 15) is 9.59 Å². The van der Waals surface area contributed by atoms with Gasteiger partial charge in [0.15, 0.2) is 5.82 Å². The van der Waals surface area contributed by atoms with Crippen molar-refractivity contribution in [1.82, 2.24) is 31.3 Å². The van der Waals surface area contributed by atoms with Crippen LogP contribution in [-0.4, -0.2) is 53.2 Å². The zero-order valence-corrected chi connectivity index (χ0v) is 19.4. The smallest absolute Gasteiger partial charge is 0.258 e. The monoisotopic (exact) mass is 492 g/mol. The number of carbonyl (C=O) groups is 2. The van der Waals surface area contributed by atoms with Crippen molar-refractivity contribution in [3.8, 4) is 11.5 Å². The van der Waals surface area contributed by atoms with Crippen LogP contribution in [0, 0.1) is 0 Å². The Bertz CT molecular complexity index is 1070. The summed E-state index contributed by atoms with van der Waals surface area (Å²) in [6.07, 6.45) is 0.930. The summed E-state index contributed by atoms with van der Waals surface area (Å²) >= 11 is 12.3. The van der Waals surface area contributed by atoms with E-state index in [1.165, 1.54) is 14.2 Å². The molecule has 1 heterocycles. The minimum Gasteiger partial charge on any atom is -0.496 e. The zero-order valence-electron chi connectivity index (χ0n) is 17.9. The van der Waals surface area contributed by atoms with E-state index in [2.05, 4.69) is 31.3 Å². The maximum atomic E-state index is 12.8. The van der Waals surface area contributed by atoms with Gasteiger partial charge in [-0.15, -0.1) is 5.10 Å². The molecule has 0 saturated carbocycles. The normalized spacial score (nSPS) is 11.5. The molecule has 0 aliphatic carbocycles. The molecule has 0 spiro atoms. The molecule has 2 amide bonds. The van der Waals surface area contributed by atoms with Crippen LogP contribution in [0.3, 0.4) is 0 Å². The van der Waals surface area contributed by atoms with Crippen molar-refractivity contribution in [1.29, 1.82) is 0 Å². The van der Waals surface area contributed by atoms with Gasteiger partial charge in [0.05, 0.1) is 35.9 Å². The van der Waals surface area contributed by atoms with Crippen LogP contribution in [0.5, 0.6) is 11.5 Å². The van der Waals surface area contributed by atoms with Gasteiger partial charge in [-0.2, -0.15) is 0 Å². The van der Waals surface area contributed by atoms with Crippen LogP contribution in [0.25, 0.3) is 0 Å². The molecule has 0 fully saturated rings. The fourth-order valence-electron chi connectivity index (χ4n) is 3.21. The highest BCUT2D eigenvalue weighted by Crippen LogP contribution is 2.28. The number of nitrogens with zero attached hydrogens (tertiary/aromatic N) is 3. The number of benzene rings is 2. The SMILES string of the molecule is COc1cccc(OC)c1C(=O)NCCCC(NC(=O)c1c(Cl)cccc1Cl)c1nnn[nH]1. The first-order chi connectivity index (χ1) is 16.0. The molecule has 10 nitrogen and oxygen atoms in total. The van der Waals surface area contributed by atoms with Gasteiger partial charge in [0.25, 0.3) is 11.8 Å². The molecule has 3 N–H and O–H groups in total. The van der Waals surface area contributed by atoms with Gasteiger partial charge in [-0.1, -0.05) is 35.3 Å². The molecule has 0 aliphatic heterocycles. The third kappa shape index (κ3) is 5.91. The molecule has 2 aromatic carbocycles. The summed E-state index contributed by atoms with van der Waals surface area (Å²) in [5.74, 6) is 0.371. The molecule has 12 heteroatoms. The summed E-state index contributed by atoms with van der Waals surface area (Å²) in [6.45, 7) is 0.320. The Balaban J connectivity index is 1.64. The van der Waals surface area contributed by atoms with Crippen LogP contribution in [-0.2, 0) is 0 Å². The fourth-order valence-corrected chi connectivity index (χ4v) is 3.78. The van der Waals surface area contributed by atoms with Gasteiger partial charge in [0, 0.05) is 6.54 Å². The Labute approximate surface area is 199 Å². The van der Waals surface area contributed by atoms with E-state index >= 15 is 0 Å². The highest BCUT2D eigenvalue weighted by Gasteiger charge is 2.23. The quantitative estimate of drug-likeness (QED) is 0.370. The summed E-state index contributed by atoms with van der Waals surface area (Å²) in [5, 5.41) is 19.8. The molecule has 1 atom stereocenters. The molecular weight excluding hydrogens is 471 g/mol. The van der Waals surface area contributed by atoms with Crippen molar-refractivity contribution in [2.75, 3.05) is 20.8 Å². The number of hydrogen-bond acceptors (Lipinski definition) is 7. The summed E-state index contributed by atoms with van der Waals surface area (Å²) < 4.78 is 10.5. The second-order valence-electron chi connectivity index (χ2n) is 6.84. The fraction of sp³-hybridized carbons (Fsp3) is 0.286. The predicted molar refractivity (Wildman–Crippen MR) is 122 cm³/mol. The van der Waals surface area contributed by atoms with Gasteiger partial charge < -0.3 is 20.1 Å². The number of ether oxygens (including phenoxy) is 2. The van der Waals surface area contributed by atoms with Crippen molar-refractivity contribution in [3.05, 3.63) is 63.4 Å². The third-order valence-electron chi connectivity index (χ3n) is 4.80. The van der Waals surface area contributed by atoms with Crippen molar-refractivity contribution in [3.63, 3.8) is 0 Å². The molecule has 174 valence electrons. The van der Waals surface area contributed by atoms with E-state index in [-0.39, 0.29) is 21.5 Å². The average Bonchev–Trinajstić information content (AvgIpc) is 3.35. The van der Waals surface area contributed by atoms with E-state index in [1.807, 2.05) is 0 Å². The standard InChI is InChI=1S/C21H22Cl2N6O4/c1-32-15-9-4-10-16(33-2)18(15)20(30)24-11-5-8-14(19-26-28-29-27-19)25-21(31)17-12(22)6-3-7-13(17)23/h3-4,6-7,9-10,14H,5,8,11H2,1-2H3,(H,24,30)(H,25,31)(H,26,27,28,29). The minimum absolute atomic E-state index is 0.162. The van der Waals surface area contributed by atoms with E-state index in [0.717, 1.165) is 0 Å². The predicted octanol–water partition coefficient (Wildman–Crippen LogP) is 3.21. The highest BCUT2D eigenvalue weighted by molar-refractivity contribution is 6.39. The third-order valence-corrected chi connectivity index (χ3v) is 5.43. The van der Waals surface area contributed by atoms with E-state index in [1.54, 1.807) is 36.4 Å². The highest BCUT2D eigenvalue weighted by atomic mass is 35.5. The summed E-state index contributed by atoms with van der Waals surface area (Å²) in [7, 11) is 2.96. The van der Waals surface area contributed by atoms with E-state index in [0.29, 0.717) is 42.3 Å². The number of rotatable bonds is 10. The molecule has 0 radical (unpaired) electrons. The first-order valence-electron chi connectivity index (χ1n) is 9.94. The van der Waals surface area contributed by atoms with Gasteiger partial charge in [0.2, 0.25) is 0 Å². The number of H-pyrrole nitrogens is 1. The number of carbonyl (C=O) groups excluding carboxylic acids is 2. The Morgan fingerprint density at radius 3 is 2.21 bits per heavy atom. The van der Waals surface area contributed by atoms with E-state index in [4.69, 9.17) is 32.7 Å². The van der Waals surface area contributed by atoms with Gasteiger partial charge in [0.1, 0.15) is 17.1 Å². The molecule has 3 rings (SSSR count). The summed E-state index contributed by atoms with van der Waals surface area (Å²) in [4.78, 5) is 25.5. The number of amides is 2. The molecule has 1 unspecified atom stereocenters. The minimum atomic E-state index is -0.558. The number of tetrazole rings is 1. The largest absolute Gasteiger partial charge is 0.496 e. The molecule has 0 saturated heterocycles. The maximum Gasteiger partial charge on any atom is 0.258 e. The first-order valence-corrected chi connectivity index (χ1v) is 10.7. The van der Waals surface area contributed by atoms with Crippen LogP contribution in [0.4, 0.5) is 0 Å². The molecule has 0 aliphatic rings. The molecule has 33 heavy (non-hydrogen) atoms. The Hall–Kier alpha value is -3.37. The van der Waals surface area contributed by atoms with Crippen molar-refractivity contribution >= 4 is 35.0 Å². The molecule has 0 bridgehead atoms. The number of nitrogens with one attached hydrogen (secondary N) is 3. The van der Waals surface area contributed by atoms with Crippen LogP contribution in [0.1, 0.15) is 45.4 Å². The Morgan fingerprint density at radius 2 is 1.64 bits per heavy atom. The van der Waals surface area contributed by atoms with Crippen LogP contribution >= 0.6 is 23.2 Å². The molecule has 1 aromatic heterocycles. The lowest BCUT2D eigenvalue weighted by Crippen LogP contribution is -2.31. The summed E-state index contributed by atoms with van der Waals surface area (Å²) in [6, 6.07) is 9.35. The number of aromatic nitrogens is 4. The second kappa shape index (κ2) is 11.5. The second-order valence-corrected chi connectivity index (χ2v) is 7.66. The van der Waals surface area contributed by atoms with Crippen LogP contribution in [0.15, 0.2) is 36.4 Å². The van der Waals surface area contributed by atoms with Gasteiger partial charge in [-0.05, 0) is 47.5 Å². The molecule has 3 aromatic rings. The van der Waals surface area contributed by atoms with Crippen molar-refractivity contribution < 1.29 is 19.1 Å². The number of halogens is 2. The number of aromatic amines is 1. The Kier molecular flexibility index (Phi) is 8.45. The van der Waals surface area contributed by atoms with Crippen LogP contribution < -0.4 is 20.1 Å². The lowest BCUT2D eigenvalue weighted by Gasteiger charge is -2.17. The van der Waals surface area contributed by atoms with Gasteiger partial charge >= 0.3 is 0 Å². The lowest BCUT2D eigenvalue weighted by molar-refractivity contribution is 0.0921. The lowest BCUT2D eigenvalue weighted by atomic mass is 10.1. The number of methoxy groups -OCH3 is 2.